The standard InChI is InChI=1S/C22H23N5/c1-15-16(2)27-25-14-22(15)26-19-9-7-18(8-10-19)23-12-11-17-13-24-21-6-4-3-5-20(17)21/h3-10,13-14,23-24H,11-12H2,1-2H3,(H,26,27). The fourth-order valence-electron chi connectivity index (χ4n) is 3.17. The van der Waals surface area contributed by atoms with E-state index in [0.29, 0.717) is 0 Å². The van der Waals surface area contributed by atoms with Crippen LogP contribution in [0.25, 0.3) is 10.9 Å². The van der Waals surface area contributed by atoms with Crippen molar-refractivity contribution in [2.45, 2.75) is 20.3 Å². The highest BCUT2D eigenvalue weighted by Gasteiger charge is 2.04. The Balaban J connectivity index is 1.36. The monoisotopic (exact) mass is 357 g/mol. The summed E-state index contributed by atoms with van der Waals surface area (Å²) >= 11 is 0. The molecule has 4 aromatic rings. The third-order valence-electron chi connectivity index (χ3n) is 4.90. The number of aromatic amines is 1. The zero-order valence-electron chi connectivity index (χ0n) is 15.6. The van der Waals surface area contributed by atoms with E-state index < -0.39 is 0 Å². The van der Waals surface area contributed by atoms with Crippen LogP contribution in [0.1, 0.15) is 16.8 Å². The number of anilines is 3. The Morgan fingerprint density at radius 3 is 2.59 bits per heavy atom. The Hall–Kier alpha value is -3.34. The average molecular weight is 357 g/mol. The molecule has 4 rings (SSSR count). The number of aromatic nitrogens is 3. The molecular formula is C22H23N5. The van der Waals surface area contributed by atoms with Crippen LogP contribution in [0.3, 0.4) is 0 Å². The van der Waals surface area contributed by atoms with E-state index in [1.165, 1.54) is 16.5 Å². The van der Waals surface area contributed by atoms with Gasteiger partial charge in [0.15, 0.2) is 0 Å². The van der Waals surface area contributed by atoms with Gasteiger partial charge >= 0.3 is 0 Å². The average Bonchev–Trinajstić information content (AvgIpc) is 3.10. The Kier molecular flexibility index (Phi) is 4.75. The molecule has 0 radical (unpaired) electrons. The number of aryl methyl sites for hydroxylation is 1. The summed E-state index contributed by atoms with van der Waals surface area (Å²) < 4.78 is 0. The predicted octanol–water partition coefficient (Wildman–Crippen LogP) is 4.97. The van der Waals surface area contributed by atoms with Gasteiger partial charge in [-0.3, -0.25) is 0 Å². The van der Waals surface area contributed by atoms with Crippen molar-refractivity contribution in [1.82, 2.24) is 15.2 Å². The van der Waals surface area contributed by atoms with Crippen LogP contribution in [0.4, 0.5) is 17.1 Å². The first-order valence-corrected chi connectivity index (χ1v) is 9.15. The number of hydrogen-bond donors (Lipinski definition) is 3. The van der Waals surface area contributed by atoms with Crippen LogP contribution in [-0.2, 0) is 6.42 Å². The van der Waals surface area contributed by atoms with Gasteiger partial charge in [0.2, 0.25) is 0 Å². The van der Waals surface area contributed by atoms with Crippen LogP contribution in [0.2, 0.25) is 0 Å². The van der Waals surface area contributed by atoms with Gasteiger partial charge in [-0.1, -0.05) is 18.2 Å². The first-order chi connectivity index (χ1) is 13.2. The van der Waals surface area contributed by atoms with Crippen molar-refractivity contribution >= 4 is 28.0 Å². The van der Waals surface area contributed by atoms with Crippen LogP contribution >= 0.6 is 0 Å². The molecular weight excluding hydrogens is 334 g/mol. The third-order valence-corrected chi connectivity index (χ3v) is 4.90. The van der Waals surface area contributed by atoms with Crippen LogP contribution in [0.15, 0.2) is 60.9 Å². The summed E-state index contributed by atoms with van der Waals surface area (Å²) in [6, 6.07) is 16.7. The van der Waals surface area contributed by atoms with Crippen LogP contribution in [-0.4, -0.2) is 21.7 Å². The molecule has 136 valence electrons. The summed E-state index contributed by atoms with van der Waals surface area (Å²) in [4.78, 5) is 3.33. The van der Waals surface area contributed by atoms with Crippen molar-refractivity contribution in [3.63, 3.8) is 0 Å². The second kappa shape index (κ2) is 7.50. The molecule has 5 nitrogen and oxygen atoms in total. The minimum Gasteiger partial charge on any atom is -0.385 e. The third kappa shape index (κ3) is 3.77. The smallest absolute Gasteiger partial charge is 0.0734 e. The predicted molar refractivity (Wildman–Crippen MR) is 112 cm³/mol. The van der Waals surface area contributed by atoms with Crippen LogP contribution in [0.5, 0.6) is 0 Å². The highest BCUT2D eigenvalue weighted by molar-refractivity contribution is 5.83. The second-order valence-corrected chi connectivity index (χ2v) is 6.71. The maximum absolute atomic E-state index is 4.07. The maximum atomic E-state index is 4.07. The molecule has 0 aliphatic heterocycles. The Morgan fingerprint density at radius 1 is 0.963 bits per heavy atom. The van der Waals surface area contributed by atoms with Gasteiger partial charge in [0, 0.05) is 35.0 Å². The molecule has 2 aromatic carbocycles. The zero-order valence-corrected chi connectivity index (χ0v) is 15.6. The summed E-state index contributed by atoms with van der Waals surface area (Å²) in [6.07, 6.45) is 4.84. The van der Waals surface area contributed by atoms with Gasteiger partial charge in [-0.2, -0.15) is 10.2 Å². The van der Waals surface area contributed by atoms with Gasteiger partial charge in [-0.15, -0.1) is 0 Å². The summed E-state index contributed by atoms with van der Waals surface area (Å²) in [5.74, 6) is 0. The zero-order chi connectivity index (χ0) is 18.6. The van der Waals surface area contributed by atoms with Crippen molar-refractivity contribution in [3.05, 3.63) is 77.7 Å². The van der Waals surface area contributed by atoms with Gasteiger partial charge in [-0.05, 0) is 61.7 Å². The minimum atomic E-state index is 0.890. The molecule has 0 spiro atoms. The van der Waals surface area contributed by atoms with E-state index in [0.717, 1.165) is 41.3 Å². The van der Waals surface area contributed by atoms with E-state index in [1.807, 2.05) is 13.8 Å². The lowest BCUT2D eigenvalue weighted by Crippen LogP contribution is -2.04. The van der Waals surface area contributed by atoms with Crippen molar-refractivity contribution < 1.29 is 0 Å². The van der Waals surface area contributed by atoms with E-state index in [1.54, 1.807) is 6.20 Å². The molecule has 0 bridgehead atoms. The normalized spacial score (nSPS) is 10.9. The van der Waals surface area contributed by atoms with Crippen LogP contribution < -0.4 is 10.6 Å². The van der Waals surface area contributed by atoms with Crippen molar-refractivity contribution in [2.24, 2.45) is 0 Å². The summed E-state index contributed by atoms with van der Waals surface area (Å²) in [7, 11) is 0. The highest BCUT2D eigenvalue weighted by Crippen LogP contribution is 2.22. The maximum Gasteiger partial charge on any atom is 0.0734 e. The second-order valence-electron chi connectivity index (χ2n) is 6.71. The van der Waals surface area contributed by atoms with Crippen molar-refractivity contribution in [3.8, 4) is 0 Å². The van der Waals surface area contributed by atoms with Gasteiger partial charge in [0.1, 0.15) is 0 Å². The molecule has 0 amide bonds. The lowest BCUT2D eigenvalue weighted by atomic mass is 10.1. The molecule has 0 unspecified atom stereocenters. The topological polar surface area (TPSA) is 65.6 Å². The number of nitrogens with zero attached hydrogens (tertiary/aromatic N) is 2. The van der Waals surface area contributed by atoms with Gasteiger partial charge in [0.05, 0.1) is 17.6 Å². The fraction of sp³-hybridized carbons (Fsp3) is 0.182. The highest BCUT2D eigenvalue weighted by atomic mass is 15.1. The Bertz CT molecular complexity index is 1050. The molecule has 2 aromatic heterocycles. The molecule has 0 atom stereocenters. The molecule has 0 aliphatic rings. The van der Waals surface area contributed by atoms with E-state index in [2.05, 4.69) is 80.5 Å². The van der Waals surface area contributed by atoms with Crippen LogP contribution in [0, 0.1) is 13.8 Å². The first kappa shape index (κ1) is 17.1. The van der Waals surface area contributed by atoms with E-state index in [4.69, 9.17) is 0 Å². The van der Waals surface area contributed by atoms with Crippen molar-refractivity contribution in [2.75, 3.05) is 17.2 Å². The van der Waals surface area contributed by atoms with E-state index >= 15 is 0 Å². The lowest BCUT2D eigenvalue weighted by molar-refractivity contribution is 0.964. The quantitative estimate of drug-likeness (QED) is 0.456. The number of benzene rings is 2. The number of para-hydroxylation sites is 1. The Morgan fingerprint density at radius 2 is 1.74 bits per heavy atom. The number of H-pyrrole nitrogens is 1. The molecule has 0 aliphatic carbocycles. The molecule has 0 fully saturated rings. The number of hydrogen-bond acceptors (Lipinski definition) is 4. The first-order valence-electron chi connectivity index (χ1n) is 9.15. The molecule has 0 saturated heterocycles. The molecule has 3 N–H and O–H groups in total. The molecule has 5 heteroatoms. The van der Waals surface area contributed by atoms with Gasteiger partial charge in [0.25, 0.3) is 0 Å². The van der Waals surface area contributed by atoms with E-state index in [9.17, 15) is 0 Å². The summed E-state index contributed by atoms with van der Waals surface area (Å²) in [6.45, 7) is 4.91. The SMILES string of the molecule is Cc1nncc(Nc2ccc(NCCc3c[nH]c4ccccc34)cc2)c1C. The summed E-state index contributed by atoms with van der Waals surface area (Å²) in [5, 5.41) is 16.3. The largest absolute Gasteiger partial charge is 0.385 e. The molecule has 2 heterocycles. The molecule has 0 saturated carbocycles. The fourth-order valence-corrected chi connectivity index (χ4v) is 3.17. The van der Waals surface area contributed by atoms with Gasteiger partial charge in [-0.25, -0.2) is 0 Å². The molecule has 27 heavy (non-hydrogen) atoms. The Labute approximate surface area is 158 Å². The lowest BCUT2D eigenvalue weighted by Gasteiger charge is -2.11. The number of fused-ring (bicyclic) bond motifs is 1. The summed E-state index contributed by atoms with van der Waals surface area (Å²) in [5.41, 5.74) is 7.73. The number of nitrogens with one attached hydrogen (secondary N) is 3. The van der Waals surface area contributed by atoms with Gasteiger partial charge < -0.3 is 15.6 Å². The number of rotatable bonds is 6. The van der Waals surface area contributed by atoms with Crippen molar-refractivity contribution in [1.29, 1.82) is 0 Å². The van der Waals surface area contributed by atoms with E-state index in [-0.39, 0.29) is 0 Å². The minimum absolute atomic E-state index is 0.890.